The number of nitrogens with two attached hydrogens (primary N) is 1. The first-order valence-corrected chi connectivity index (χ1v) is 4.34. The molecule has 0 radical (unpaired) electrons. The van der Waals surface area contributed by atoms with Crippen LogP contribution in [0.25, 0.3) is 5.57 Å². The number of esters is 1. The van der Waals surface area contributed by atoms with Crippen molar-refractivity contribution in [1.29, 1.82) is 0 Å². The molecule has 0 aromatic heterocycles. The molecule has 0 amide bonds. The van der Waals surface area contributed by atoms with Gasteiger partial charge in [-0.1, -0.05) is 30.3 Å². The van der Waals surface area contributed by atoms with Crippen molar-refractivity contribution < 1.29 is 9.53 Å². The first-order chi connectivity index (χ1) is 6.68. The first-order valence-electron chi connectivity index (χ1n) is 4.34. The van der Waals surface area contributed by atoms with Gasteiger partial charge >= 0.3 is 5.97 Å². The second kappa shape index (κ2) is 2.96. The van der Waals surface area contributed by atoms with Gasteiger partial charge in [-0.15, -0.1) is 0 Å². The lowest BCUT2D eigenvalue weighted by atomic mass is 10.1. The third kappa shape index (κ3) is 1.22. The van der Waals surface area contributed by atoms with E-state index >= 15 is 0 Å². The summed E-state index contributed by atoms with van der Waals surface area (Å²) in [6.45, 7) is 0. The minimum Gasteiger partial charge on any atom is -0.467 e. The van der Waals surface area contributed by atoms with Gasteiger partial charge in [-0.3, -0.25) is 0 Å². The number of carbonyl (C=O) groups excluding carboxylic acids is 1. The Morgan fingerprint density at radius 1 is 1.36 bits per heavy atom. The number of benzene rings is 1. The van der Waals surface area contributed by atoms with E-state index in [1.54, 1.807) is 6.08 Å². The molecule has 0 fully saturated rings. The van der Waals surface area contributed by atoms with E-state index in [1.165, 1.54) is 7.11 Å². The Balaban J connectivity index is 2.20. The van der Waals surface area contributed by atoms with Crippen LogP contribution in [0.5, 0.6) is 0 Å². The van der Waals surface area contributed by atoms with Gasteiger partial charge in [0.05, 0.1) is 7.11 Å². The van der Waals surface area contributed by atoms with Crippen LogP contribution in [-0.2, 0) is 9.53 Å². The van der Waals surface area contributed by atoms with Crippen LogP contribution in [0.1, 0.15) is 5.56 Å². The van der Waals surface area contributed by atoms with E-state index in [1.807, 2.05) is 30.3 Å². The lowest BCUT2D eigenvalue weighted by Crippen LogP contribution is -2.37. The lowest BCUT2D eigenvalue weighted by Gasteiger charge is -2.09. The molecule has 0 heterocycles. The topological polar surface area (TPSA) is 52.3 Å². The van der Waals surface area contributed by atoms with Gasteiger partial charge in [0.2, 0.25) is 0 Å². The number of hydrogen-bond acceptors (Lipinski definition) is 3. The van der Waals surface area contributed by atoms with Gasteiger partial charge in [-0.2, -0.15) is 0 Å². The normalized spacial score (nSPS) is 24.0. The molecule has 14 heavy (non-hydrogen) atoms. The second-order valence-corrected chi connectivity index (χ2v) is 3.28. The molecule has 0 saturated heterocycles. The highest BCUT2D eigenvalue weighted by atomic mass is 16.5. The molecule has 1 aromatic carbocycles. The molecule has 1 atom stereocenters. The zero-order valence-corrected chi connectivity index (χ0v) is 7.86. The van der Waals surface area contributed by atoms with Gasteiger partial charge in [0, 0.05) is 0 Å². The number of methoxy groups -OCH3 is 1. The minimum atomic E-state index is -0.990. The van der Waals surface area contributed by atoms with Gasteiger partial charge in [0.15, 0.2) is 5.54 Å². The number of ether oxygens (including phenoxy) is 1. The van der Waals surface area contributed by atoms with Crippen molar-refractivity contribution in [2.24, 2.45) is 5.73 Å². The Bertz CT molecular complexity index is 397. The zero-order valence-electron chi connectivity index (χ0n) is 7.86. The molecule has 1 aliphatic carbocycles. The zero-order chi connectivity index (χ0) is 10.2. The van der Waals surface area contributed by atoms with Crippen LogP contribution in [0.15, 0.2) is 36.4 Å². The monoisotopic (exact) mass is 189 g/mol. The maximum absolute atomic E-state index is 11.3. The third-order valence-corrected chi connectivity index (χ3v) is 2.34. The predicted octanol–water partition coefficient (Wildman–Crippen LogP) is 0.954. The van der Waals surface area contributed by atoms with Crippen LogP contribution < -0.4 is 5.73 Å². The fraction of sp³-hybridized carbons (Fsp3) is 0.182. The summed E-state index contributed by atoms with van der Waals surface area (Å²) in [5, 5.41) is 0. The quantitative estimate of drug-likeness (QED) is 0.705. The van der Waals surface area contributed by atoms with E-state index in [0.717, 1.165) is 11.1 Å². The Kier molecular flexibility index (Phi) is 1.89. The van der Waals surface area contributed by atoms with E-state index in [0.29, 0.717) is 0 Å². The molecular formula is C11H11NO2. The molecule has 3 nitrogen and oxygen atoms in total. The third-order valence-electron chi connectivity index (χ3n) is 2.34. The fourth-order valence-electron chi connectivity index (χ4n) is 1.47. The highest BCUT2D eigenvalue weighted by Crippen LogP contribution is 2.41. The average molecular weight is 189 g/mol. The highest BCUT2D eigenvalue weighted by Gasteiger charge is 2.49. The van der Waals surface area contributed by atoms with Crippen LogP contribution >= 0.6 is 0 Å². The molecule has 2 N–H and O–H groups in total. The molecule has 1 aliphatic rings. The van der Waals surface area contributed by atoms with Gasteiger partial charge in [0.1, 0.15) is 0 Å². The Morgan fingerprint density at radius 2 is 2.00 bits per heavy atom. The minimum absolute atomic E-state index is 0.406. The van der Waals surface area contributed by atoms with Crippen LogP contribution in [0.2, 0.25) is 0 Å². The largest absolute Gasteiger partial charge is 0.467 e. The van der Waals surface area contributed by atoms with E-state index in [2.05, 4.69) is 4.74 Å². The molecule has 0 bridgehead atoms. The van der Waals surface area contributed by atoms with Crippen molar-refractivity contribution in [1.82, 2.24) is 0 Å². The molecule has 0 aliphatic heterocycles. The molecule has 72 valence electrons. The summed E-state index contributed by atoms with van der Waals surface area (Å²) in [5.41, 5.74) is 6.63. The number of hydrogen-bond donors (Lipinski definition) is 1. The second-order valence-electron chi connectivity index (χ2n) is 3.28. The van der Waals surface area contributed by atoms with Crippen molar-refractivity contribution in [3.05, 3.63) is 42.0 Å². The van der Waals surface area contributed by atoms with Crippen molar-refractivity contribution in [3.8, 4) is 0 Å². The molecular weight excluding hydrogens is 178 g/mol. The summed E-state index contributed by atoms with van der Waals surface area (Å²) in [4.78, 5) is 11.3. The van der Waals surface area contributed by atoms with E-state index in [-0.39, 0.29) is 0 Å². The fourth-order valence-corrected chi connectivity index (χ4v) is 1.47. The number of carbonyl (C=O) groups is 1. The van der Waals surface area contributed by atoms with Crippen LogP contribution in [0.3, 0.4) is 0 Å². The molecule has 1 unspecified atom stereocenters. The van der Waals surface area contributed by atoms with E-state index in [9.17, 15) is 4.79 Å². The Morgan fingerprint density at radius 3 is 2.57 bits per heavy atom. The Hall–Kier alpha value is -1.61. The standard InChI is InChI=1S/C11H11NO2/c1-14-10(13)11(12)7-9(11)8-5-3-2-4-6-8/h2-7H,12H2,1H3. The number of rotatable bonds is 2. The van der Waals surface area contributed by atoms with Crippen molar-refractivity contribution in [2.45, 2.75) is 5.54 Å². The lowest BCUT2D eigenvalue weighted by molar-refractivity contribution is -0.142. The SMILES string of the molecule is COC(=O)C1(N)C=C1c1ccccc1. The summed E-state index contributed by atoms with van der Waals surface area (Å²) in [6, 6.07) is 9.58. The molecule has 0 spiro atoms. The van der Waals surface area contributed by atoms with Crippen LogP contribution in [-0.4, -0.2) is 18.6 Å². The van der Waals surface area contributed by atoms with Crippen LogP contribution in [0, 0.1) is 0 Å². The van der Waals surface area contributed by atoms with Gasteiger partial charge in [-0.05, 0) is 17.2 Å². The summed E-state index contributed by atoms with van der Waals surface area (Å²) < 4.78 is 4.61. The van der Waals surface area contributed by atoms with Gasteiger partial charge in [0.25, 0.3) is 0 Å². The average Bonchev–Trinajstić information content (AvgIpc) is 2.92. The summed E-state index contributed by atoms with van der Waals surface area (Å²) >= 11 is 0. The van der Waals surface area contributed by atoms with E-state index < -0.39 is 11.5 Å². The smallest absolute Gasteiger partial charge is 0.334 e. The van der Waals surface area contributed by atoms with Crippen LogP contribution in [0.4, 0.5) is 0 Å². The highest BCUT2D eigenvalue weighted by molar-refractivity contribution is 6.10. The summed E-state index contributed by atoms with van der Waals surface area (Å²) in [6.07, 6.45) is 1.72. The predicted molar refractivity (Wildman–Crippen MR) is 53.4 cm³/mol. The van der Waals surface area contributed by atoms with Gasteiger partial charge < -0.3 is 10.5 Å². The molecule has 1 aromatic rings. The van der Waals surface area contributed by atoms with Crippen molar-refractivity contribution in [2.75, 3.05) is 7.11 Å². The summed E-state index contributed by atoms with van der Waals surface area (Å²) in [7, 11) is 1.34. The first kappa shape index (κ1) is 8.97. The summed E-state index contributed by atoms with van der Waals surface area (Å²) in [5.74, 6) is -0.406. The maximum atomic E-state index is 11.3. The van der Waals surface area contributed by atoms with Crippen molar-refractivity contribution in [3.63, 3.8) is 0 Å². The molecule has 3 heteroatoms. The van der Waals surface area contributed by atoms with Gasteiger partial charge in [-0.25, -0.2) is 4.79 Å². The van der Waals surface area contributed by atoms with E-state index in [4.69, 9.17) is 5.73 Å². The Labute approximate surface area is 82.2 Å². The molecule has 0 saturated carbocycles. The van der Waals surface area contributed by atoms with Crippen molar-refractivity contribution >= 4 is 11.5 Å². The maximum Gasteiger partial charge on any atom is 0.334 e. The molecule has 2 rings (SSSR count).